The lowest BCUT2D eigenvalue weighted by Crippen LogP contribution is -2.45. The molecule has 0 heterocycles. The van der Waals surface area contributed by atoms with Gasteiger partial charge in [-0.2, -0.15) is 0 Å². The molecule has 0 aromatic carbocycles. The average Bonchev–Trinajstić information content (AvgIpc) is 3.43. The van der Waals surface area contributed by atoms with Gasteiger partial charge in [0.05, 0.1) is 25.4 Å². The number of carbonyl (C=O) groups is 2. The van der Waals surface area contributed by atoms with E-state index < -0.39 is 12.1 Å². The normalized spacial score (nSPS) is 12.6. The predicted molar refractivity (Wildman–Crippen MR) is 338 cm³/mol. The SMILES string of the molecule is CCCC/C=C\C/C=C\CCCCCCCC(=O)OCCCCCCCCCCCCCCCCCCCCCCCCCCCCC(=O)NC(CO)C(O)CCCCCCCCCCCCCCCCCCCCCC. The van der Waals surface area contributed by atoms with E-state index in [9.17, 15) is 19.8 Å². The molecule has 0 radical (unpaired) electrons. The Hall–Kier alpha value is -1.66. The molecule has 0 spiro atoms. The molecule has 0 aromatic heterocycles. The number of allylic oxidation sites excluding steroid dienone is 4. The minimum Gasteiger partial charge on any atom is -0.466 e. The lowest BCUT2D eigenvalue weighted by molar-refractivity contribution is -0.143. The maximum atomic E-state index is 12.5. The van der Waals surface area contributed by atoms with E-state index in [1.165, 1.54) is 308 Å². The second-order valence-electron chi connectivity index (χ2n) is 24.2. The summed E-state index contributed by atoms with van der Waals surface area (Å²) in [4.78, 5) is 24.6. The van der Waals surface area contributed by atoms with Crippen LogP contribution in [0.25, 0.3) is 0 Å². The molecule has 2 atom stereocenters. The minimum atomic E-state index is -0.663. The van der Waals surface area contributed by atoms with Gasteiger partial charge in [-0.25, -0.2) is 0 Å². The molecule has 1 amide bonds. The molecular formula is C71H137NO5. The third kappa shape index (κ3) is 63.4. The molecule has 0 saturated carbocycles. The number of aliphatic hydroxyl groups excluding tert-OH is 2. The van der Waals surface area contributed by atoms with Gasteiger partial charge in [0.2, 0.25) is 5.91 Å². The zero-order chi connectivity index (χ0) is 55.7. The number of aliphatic hydroxyl groups is 2. The monoisotopic (exact) mass is 1080 g/mol. The highest BCUT2D eigenvalue weighted by Gasteiger charge is 2.20. The van der Waals surface area contributed by atoms with Gasteiger partial charge >= 0.3 is 5.97 Å². The van der Waals surface area contributed by atoms with Gasteiger partial charge in [-0.3, -0.25) is 9.59 Å². The number of hydrogen-bond donors (Lipinski definition) is 3. The molecule has 0 fully saturated rings. The van der Waals surface area contributed by atoms with Gasteiger partial charge in [0.1, 0.15) is 0 Å². The van der Waals surface area contributed by atoms with Gasteiger partial charge in [-0.15, -0.1) is 0 Å². The third-order valence-electron chi connectivity index (χ3n) is 16.5. The molecule has 0 aliphatic heterocycles. The van der Waals surface area contributed by atoms with Gasteiger partial charge in [0, 0.05) is 12.8 Å². The van der Waals surface area contributed by atoms with Crippen molar-refractivity contribution in [2.75, 3.05) is 13.2 Å². The van der Waals surface area contributed by atoms with E-state index in [0.717, 1.165) is 51.4 Å². The first-order valence-electron chi connectivity index (χ1n) is 35.1. The first-order chi connectivity index (χ1) is 38.0. The van der Waals surface area contributed by atoms with Crippen molar-refractivity contribution in [3.8, 4) is 0 Å². The highest BCUT2D eigenvalue weighted by Crippen LogP contribution is 2.19. The summed E-state index contributed by atoms with van der Waals surface area (Å²) in [6.45, 7) is 4.94. The maximum Gasteiger partial charge on any atom is 0.305 e. The number of ether oxygens (including phenoxy) is 1. The largest absolute Gasteiger partial charge is 0.466 e. The van der Waals surface area contributed by atoms with Crippen molar-refractivity contribution in [3.05, 3.63) is 24.3 Å². The van der Waals surface area contributed by atoms with Crippen molar-refractivity contribution < 1.29 is 24.5 Å². The van der Waals surface area contributed by atoms with Crippen LogP contribution in [0.4, 0.5) is 0 Å². The number of esters is 1. The molecule has 6 nitrogen and oxygen atoms in total. The number of carbonyl (C=O) groups excluding carboxylic acids is 2. The molecule has 0 saturated heterocycles. The average molecular weight is 1080 g/mol. The fourth-order valence-electron chi connectivity index (χ4n) is 11.1. The van der Waals surface area contributed by atoms with Crippen molar-refractivity contribution in [1.82, 2.24) is 5.32 Å². The topological polar surface area (TPSA) is 95.9 Å². The fraction of sp³-hybridized carbons (Fsp3) is 0.915. The van der Waals surface area contributed by atoms with Crippen molar-refractivity contribution in [1.29, 1.82) is 0 Å². The van der Waals surface area contributed by atoms with Crippen molar-refractivity contribution in [3.63, 3.8) is 0 Å². The molecule has 3 N–H and O–H groups in total. The van der Waals surface area contributed by atoms with E-state index in [0.29, 0.717) is 25.9 Å². The lowest BCUT2D eigenvalue weighted by Gasteiger charge is -2.22. The van der Waals surface area contributed by atoms with Crippen molar-refractivity contribution >= 4 is 11.9 Å². The van der Waals surface area contributed by atoms with Gasteiger partial charge in [0.15, 0.2) is 0 Å². The van der Waals surface area contributed by atoms with Gasteiger partial charge < -0.3 is 20.3 Å². The highest BCUT2D eigenvalue weighted by atomic mass is 16.5. The van der Waals surface area contributed by atoms with Gasteiger partial charge in [-0.05, 0) is 51.4 Å². The maximum absolute atomic E-state index is 12.5. The number of nitrogens with one attached hydrogen (secondary N) is 1. The van der Waals surface area contributed by atoms with Crippen molar-refractivity contribution in [2.24, 2.45) is 0 Å². The molecule has 77 heavy (non-hydrogen) atoms. The molecule has 0 aliphatic rings. The van der Waals surface area contributed by atoms with Crippen LogP contribution in [0.1, 0.15) is 393 Å². The molecule has 6 heteroatoms. The number of hydrogen-bond acceptors (Lipinski definition) is 5. The van der Waals surface area contributed by atoms with Crippen LogP contribution >= 0.6 is 0 Å². The Morgan fingerprint density at radius 3 is 1.03 bits per heavy atom. The molecule has 0 aliphatic carbocycles. The Balaban J connectivity index is 3.36. The van der Waals surface area contributed by atoms with Crippen molar-refractivity contribution in [2.45, 2.75) is 405 Å². The zero-order valence-electron chi connectivity index (χ0n) is 52.2. The van der Waals surface area contributed by atoms with Crippen LogP contribution in [0, 0.1) is 0 Å². The predicted octanol–water partition coefficient (Wildman–Crippen LogP) is 22.5. The lowest BCUT2D eigenvalue weighted by atomic mass is 10.0. The Morgan fingerprint density at radius 1 is 0.364 bits per heavy atom. The summed E-state index contributed by atoms with van der Waals surface area (Å²) in [7, 11) is 0. The minimum absolute atomic E-state index is 0.00336. The van der Waals surface area contributed by atoms with Crippen LogP contribution in [0.2, 0.25) is 0 Å². The summed E-state index contributed by atoms with van der Waals surface area (Å²) in [5.74, 6) is -0.0252. The Morgan fingerprint density at radius 2 is 0.662 bits per heavy atom. The molecule has 456 valence electrons. The second kappa shape index (κ2) is 66.8. The van der Waals surface area contributed by atoms with E-state index in [2.05, 4.69) is 43.5 Å². The van der Waals surface area contributed by atoms with Crippen LogP contribution < -0.4 is 5.32 Å². The van der Waals surface area contributed by atoms with Gasteiger partial charge in [0.25, 0.3) is 0 Å². The van der Waals surface area contributed by atoms with Crippen LogP contribution in [0.3, 0.4) is 0 Å². The number of rotatable bonds is 66. The first-order valence-corrected chi connectivity index (χ1v) is 35.1. The molecule has 0 rings (SSSR count). The van der Waals surface area contributed by atoms with E-state index in [1.54, 1.807) is 0 Å². The first kappa shape index (κ1) is 75.3. The summed E-state index contributed by atoms with van der Waals surface area (Å²) < 4.78 is 5.48. The fourth-order valence-corrected chi connectivity index (χ4v) is 11.1. The van der Waals surface area contributed by atoms with Crippen LogP contribution in [0.5, 0.6) is 0 Å². The summed E-state index contributed by atoms with van der Waals surface area (Å²) in [5.41, 5.74) is 0. The Labute approximate surface area is 481 Å². The third-order valence-corrected chi connectivity index (χ3v) is 16.5. The van der Waals surface area contributed by atoms with Crippen LogP contribution in [-0.4, -0.2) is 47.4 Å². The summed E-state index contributed by atoms with van der Waals surface area (Å²) >= 11 is 0. The van der Waals surface area contributed by atoms with E-state index in [4.69, 9.17) is 4.74 Å². The van der Waals surface area contributed by atoms with Gasteiger partial charge in [-0.1, -0.05) is 353 Å². The Kier molecular flexibility index (Phi) is 65.4. The number of unbranched alkanes of at least 4 members (excludes halogenated alkanes) is 51. The number of amides is 1. The van der Waals surface area contributed by atoms with Crippen LogP contribution in [-0.2, 0) is 14.3 Å². The second-order valence-corrected chi connectivity index (χ2v) is 24.2. The standard InChI is InChI=1S/C71H137NO5/c1-3-5-7-9-11-13-15-17-19-20-21-30-33-36-39-43-47-51-55-59-63-69(74)68(67-73)72-70(75)64-60-56-52-48-44-40-37-34-31-28-26-24-22-23-25-27-29-32-35-38-42-46-50-54-58-62-66-77-71(76)65-61-57-53-49-45-41-18-16-14-12-10-8-6-4-2/h10,12,16,18,68-69,73-74H,3-9,11,13-15,17,19-67H2,1-2H3,(H,72,75)/b12-10-,18-16-. The summed E-state index contributed by atoms with van der Waals surface area (Å²) in [5, 5.41) is 23.4. The molecule has 2 unspecified atom stereocenters. The van der Waals surface area contributed by atoms with E-state index in [1.807, 2.05) is 0 Å². The summed E-state index contributed by atoms with van der Waals surface area (Å²) in [6, 6.07) is -0.540. The van der Waals surface area contributed by atoms with E-state index in [-0.39, 0.29) is 18.5 Å². The Bertz CT molecular complexity index is 1200. The smallest absolute Gasteiger partial charge is 0.305 e. The quantitative estimate of drug-likeness (QED) is 0.0320. The molecular weight excluding hydrogens is 947 g/mol. The summed E-state index contributed by atoms with van der Waals surface area (Å²) in [6.07, 6.45) is 83.6. The molecule has 0 aromatic rings. The van der Waals surface area contributed by atoms with Crippen LogP contribution in [0.15, 0.2) is 24.3 Å². The zero-order valence-corrected chi connectivity index (χ0v) is 52.2. The molecule has 0 bridgehead atoms. The van der Waals surface area contributed by atoms with E-state index >= 15 is 0 Å². The highest BCUT2D eigenvalue weighted by molar-refractivity contribution is 5.76.